The molecule has 5 nitrogen and oxygen atoms in total. The molecule has 0 saturated heterocycles. The summed E-state index contributed by atoms with van der Waals surface area (Å²) in [5.41, 5.74) is -0.522. The van der Waals surface area contributed by atoms with Crippen LogP contribution < -0.4 is 0 Å². The normalized spacial score (nSPS) is 13.4. The Morgan fingerprint density at radius 1 is 1.50 bits per heavy atom. The summed E-state index contributed by atoms with van der Waals surface area (Å²) in [6.07, 6.45) is 0.0955. The van der Waals surface area contributed by atoms with Crippen LogP contribution in [0.3, 0.4) is 0 Å². The summed E-state index contributed by atoms with van der Waals surface area (Å²) in [5, 5.41) is 10.1. The van der Waals surface area contributed by atoms with E-state index in [4.69, 9.17) is 4.74 Å². The molecular weight excluding hydrogens is 186 g/mol. The van der Waals surface area contributed by atoms with Gasteiger partial charge in [-0.05, 0) is 20.8 Å². The Kier molecular flexibility index (Phi) is 4.53. The number of carbonyl (C=O) groups excluding carboxylic acids is 1. The van der Waals surface area contributed by atoms with Gasteiger partial charge in [0.1, 0.15) is 5.60 Å². The van der Waals surface area contributed by atoms with E-state index in [-0.39, 0.29) is 24.9 Å². The zero-order valence-electron chi connectivity index (χ0n) is 9.07. The molecule has 0 aliphatic rings. The first-order valence-electron chi connectivity index (χ1n) is 4.54. The van der Waals surface area contributed by atoms with Gasteiger partial charge in [-0.2, -0.15) is 0 Å². The minimum absolute atomic E-state index is 0.0955. The molecule has 82 valence electrons. The van der Waals surface area contributed by atoms with Crippen LogP contribution in [0.4, 0.5) is 0 Å². The highest BCUT2D eigenvalue weighted by molar-refractivity contribution is 5.70. The van der Waals surface area contributed by atoms with Gasteiger partial charge in [0.05, 0.1) is 6.42 Å². The lowest BCUT2D eigenvalue weighted by Crippen LogP contribution is -2.26. The molecule has 0 heterocycles. The maximum absolute atomic E-state index is 11.2. The number of esters is 1. The number of ether oxygens (including phenoxy) is 1. The molecule has 0 aromatic carbocycles. The van der Waals surface area contributed by atoms with Crippen molar-refractivity contribution in [1.82, 2.24) is 0 Å². The first kappa shape index (κ1) is 12.9. The Morgan fingerprint density at radius 2 is 2.00 bits per heavy atom. The minimum Gasteiger partial charge on any atom is -0.460 e. The highest BCUT2D eigenvalue weighted by Gasteiger charge is 2.20. The molecule has 0 aromatic rings. The van der Waals surface area contributed by atoms with E-state index in [1.165, 1.54) is 0 Å². The number of hydrogen-bond acceptors (Lipinski definition) is 4. The number of rotatable bonds is 4. The summed E-state index contributed by atoms with van der Waals surface area (Å²) < 4.78 is 5.03. The number of nitro groups is 1. The van der Waals surface area contributed by atoms with Crippen molar-refractivity contribution >= 4 is 5.97 Å². The van der Waals surface area contributed by atoms with Gasteiger partial charge in [0.25, 0.3) is 0 Å². The Hall–Kier alpha value is -1.13. The van der Waals surface area contributed by atoms with Gasteiger partial charge in [0.15, 0.2) is 0 Å². The maximum atomic E-state index is 11.2. The molecule has 0 aliphatic carbocycles. The van der Waals surface area contributed by atoms with Gasteiger partial charge in [0, 0.05) is 10.8 Å². The lowest BCUT2D eigenvalue weighted by Gasteiger charge is -2.20. The summed E-state index contributed by atoms with van der Waals surface area (Å²) in [6, 6.07) is 0. The third kappa shape index (κ3) is 7.52. The second kappa shape index (κ2) is 4.93. The van der Waals surface area contributed by atoms with Crippen molar-refractivity contribution in [1.29, 1.82) is 0 Å². The monoisotopic (exact) mass is 203 g/mol. The maximum Gasteiger partial charge on any atom is 0.306 e. The fraction of sp³-hybridized carbons (Fsp3) is 0.889. The summed E-state index contributed by atoms with van der Waals surface area (Å²) in [5.74, 6) is -0.660. The van der Waals surface area contributed by atoms with E-state index in [9.17, 15) is 14.9 Å². The first-order chi connectivity index (χ1) is 6.20. The van der Waals surface area contributed by atoms with Crippen LogP contribution in [-0.2, 0) is 9.53 Å². The largest absolute Gasteiger partial charge is 0.460 e. The molecule has 1 unspecified atom stereocenters. The second-order valence-corrected chi connectivity index (χ2v) is 4.41. The molecule has 0 aliphatic heterocycles. The van der Waals surface area contributed by atoms with E-state index in [2.05, 4.69) is 0 Å². The zero-order valence-corrected chi connectivity index (χ0v) is 9.07. The van der Waals surface area contributed by atoms with E-state index < -0.39 is 10.5 Å². The predicted molar refractivity (Wildman–Crippen MR) is 51.5 cm³/mol. The van der Waals surface area contributed by atoms with Crippen LogP contribution in [0.1, 0.15) is 34.1 Å². The average molecular weight is 203 g/mol. The number of nitrogens with zero attached hydrogens (tertiary/aromatic N) is 1. The van der Waals surface area contributed by atoms with Gasteiger partial charge in [-0.3, -0.25) is 14.9 Å². The molecule has 1 atom stereocenters. The molecule has 0 saturated carbocycles. The van der Waals surface area contributed by atoms with Crippen LogP contribution in [0.15, 0.2) is 0 Å². The zero-order chi connectivity index (χ0) is 11.4. The second-order valence-electron chi connectivity index (χ2n) is 4.41. The Balaban J connectivity index is 3.89. The number of hydrogen-bond donors (Lipinski definition) is 0. The van der Waals surface area contributed by atoms with Crippen molar-refractivity contribution in [3.05, 3.63) is 10.1 Å². The van der Waals surface area contributed by atoms with Crippen molar-refractivity contribution in [3.8, 4) is 0 Å². The Bertz CT molecular complexity index is 219. The van der Waals surface area contributed by atoms with Crippen LogP contribution in [0, 0.1) is 16.0 Å². The van der Waals surface area contributed by atoms with E-state index in [1.807, 2.05) is 0 Å². The quantitative estimate of drug-likeness (QED) is 0.395. The molecule has 0 fully saturated rings. The third-order valence-electron chi connectivity index (χ3n) is 1.40. The van der Waals surface area contributed by atoms with Gasteiger partial charge in [-0.25, -0.2) is 0 Å². The predicted octanol–water partition coefficient (Wildman–Crippen LogP) is 1.63. The molecule has 0 rings (SSSR count). The summed E-state index contributed by atoms with van der Waals surface area (Å²) in [6.45, 7) is 6.77. The van der Waals surface area contributed by atoms with Crippen LogP contribution >= 0.6 is 0 Å². The fourth-order valence-corrected chi connectivity index (χ4v) is 0.987. The molecule has 0 spiro atoms. The lowest BCUT2D eigenvalue weighted by atomic mass is 10.1. The van der Waals surface area contributed by atoms with Crippen molar-refractivity contribution in [2.24, 2.45) is 5.92 Å². The average Bonchev–Trinajstić information content (AvgIpc) is 1.77. The summed E-state index contributed by atoms with van der Waals surface area (Å²) in [7, 11) is 0. The van der Waals surface area contributed by atoms with Crippen molar-refractivity contribution < 1.29 is 14.5 Å². The standard InChI is InChI=1S/C9H17NO4/c1-7(6-10(12)13)5-8(11)14-9(2,3)4/h7H,5-6H2,1-4H3. The molecule has 14 heavy (non-hydrogen) atoms. The van der Waals surface area contributed by atoms with Gasteiger partial charge in [-0.15, -0.1) is 0 Å². The van der Waals surface area contributed by atoms with Gasteiger partial charge >= 0.3 is 5.97 Å². The molecule has 5 heteroatoms. The van der Waals surface area contributed by atoms with Crippen LogP contribution in [0.25, 0.3) is 0 Å². The van der Waals surface area contributed by atoms with E-state index in [1.54, 1.807) is 27.7 Å². The molecule has 0 bridgehead atoms. The highest BCUT2D eigenvalue weighted by Crippen LogP contribution is 2.11. The van der Waals surface area contributed by atoms with E-state index in [0.717, 1.165) is 0 Å². The first-order valence-corrected chi connectivity index (χ1v) is 4.54. The highest BCUT2D eigenvalue weighted by atomic mass is 16.6. The smallest absolute Gasteiger partial charge is 0.306 e. The third-order valence-corrected chi connectivity index (χ3v) is 1.40. The molecule has 0 aromatic heterocycles. The molecule has 0 amide bonds. The molecule has 0 N–H and O–H groups in total. The summed E-state index contributed by atoms with van der Waals surface area (Å²) in [4.78, 5) is 20.9. The topological polar surface area (TPSA) is 69.4 Å². The lowest BCUT2D eigenvalue weighted by molar-refractivity contribution is -0.487. The van der Waals surface area contributed by atoms with Crippen molar-refractivity contribution in [3.63, 3.8) is 0 Å². The van der Waals surface area contributed by atoms with Crippen LogP contribution in [0.2, 0.25) is 0 Å². The van der Waals surface area contributed by atoms with Gasteiger partial charge in [-0.1, -0.05) is 6.92 Å². The van der Waals surface area contributed by atoms with Gasteiger partial charge in [0.2, 0.25) is 6.54 Å². The SMILES string of the molecule is CC(CC(=O)OC(C)(C)C)C[N+](=O)[O-]. The molecular formula is C9H17NO4. The van der Waals surface area contributed by atoms with Gasteiger partial charge < -0.3 is 4.74 Å². The minimum atomic E-state index is -0.522. The molecule has 0 radical (unpaired) electrons. The summed E-state index contributed by atoms with van der Waals surface area (Å²) >= 11 is 0. The van der Waals surface area contributed by atoms with E-state index >= 15 is 0 Å². The Morgan fingerprint density at radius 3 is 2.36 bits per heavy atom. The van der Waals surface area contributed by atoms with E-state index in [0.29, 0.717) is 0 Å². The van der Waals surface area contributed by atoms with Crippen molar-refractivity contribution in [2.75, 3.05) is 6.54 Å². The van der Waals surface area contributed by atoms with Crippen LogP contribution in [-0.4, -0.2) is 23.0 Å². The van der Waals surface area contributed by atoms with Crippen molar-refractivity contribution in [2.45, 2.75) is 39.7 Å². The number of carbonyl (C=O) groups is 1. The Labute approximate surface area is 83.6 Å². The van der Waals surface area contributed by atoms with Crippen LogP contribution in [0.5, 0.6) is 0 Å². The fourth-order valence-electron chi connectivity index (χ4n) is 0.987.